The van der Waals surface area contributed by atoms with Gasteiger partial charge < -0.3 is 10.1 Å². The minimum atomic E-state index is -0.304. The number of nitrogens with one attached hydrogen (secondary N) is 2. The molecular formula is C20H21N3O2S. The number of hydrogen-bond acceptors (Lipinski definition) is 4. The van der Waals surface area contributed by atoms with E-state index in [9.17, 15) is 4.79 Å². The van der Waals surface area contributed by atoms with E-state index in [0.717, 1.165) is 39.4 Å². The van der Waals surface area contributed by atoms with Crippen LogP contribution in [0.5, 0.6) is 5.75 Å². The Morgan fingerprint density at radius 3 is 2.42 bits per heavy atom. The Kier molecular flexibility index (Phi) is 5.23. The van der Waals surface area contributed by atoms with E-state index in [1.54, 1.807) is 7.11 Å². The van der Waals surface area contributed by atoms with Crippen LogP contribution in [0.4, 0.5) is 15.6 Å². The lowest BCUT2D eigenvalue weighted by molar-refractivity contribution is 0.262. The second-order valence-corrected chi connectivity index (χ2v) is 7.04. The summed E-state index contributed by atoms with van der Waals surface area (Å²) >= 11 is 1.39. The van der Waals surface area contributed by atoms with Crippen LogP contribution in [0.25, 0.3) is 11.3 Å². The number of aromatic nitrogens is 1. The number of carbonyl (C=O) groups is 1. The monoisotopic (exact) mass is 367 g/mol. The van der Waals surface area contributed by atoms with Crippen molar-refractivity contribution in [3.8, 4) is 17.0 Å². The van der Waals surface area contributed by atoms with Crippen LogP contribution in [-0.2, 0) is 0 Å². The van der Waals surface area contributed by atoms with Crippen LogP contribution in [-0.4, -0.2) is 18.1 Å². The molecule has 2 aromatic carbocycles. The van der Waals surface area contributed by atoms with Crippen molar-refractivity contribution in [2.24, 2.45) is 0 Å². The van der Waals surface area contributed by atoms with Crippen molar-refractivity contribution in [1.82, 2.24) is 4.98 Å². The van der Waals surface area contributed by atoms with E-state index in [1.165, 1.54) is 11.3 Å². The molecule has 0 atom stereocenters. The number of benzene rings is 2. The van der Waals surface area contributed by atoms with E-state index in [4.69, 9.17) is 4.74 Å². The maximum absolute atomic E-state index is 12.2. The van der Waals surface area contributed by atoms with Gasteiger partial charge in [0.15, 0.2) is 5.13 Å². The smallest absolute Gasteiger partial charge is 0.325 e. The number of ether oxygens (including phenoxy) is 1. The van der Waals surface area contributed by atoms with Gasteiger partial charge in [0.1, 0.15) is 5.75 Å². The third kappa shape index (κ3) is 4.21. The van der Waals surface area contributed by atoms with Gasteiger partial charge in [0, 0.05) is 16.6 Å². The molecule has 3 aromatic rings. The van der Waals surface area contributed by atoms with E-state index < -0.39 is 0 Å². The molecule has 0 aliphatic rings. The topological polar surface area (TPSA) is 63.2 Å². The Morgan fingerprint density at radius 2 is 1.77 bits per heavy atom. The zero-order valence-corrected chi connectivity index (χ0v) is 16.0. The average molecular weight is 367 g/mol. The van der Waals surface area contributed by atoms with Crippen LogP contribution in [0.3, 0.4) is 0 Å². The number of carbonyl (C=O) groups excluding carboxylic acids is 1. The van der Waals surface area contributed by atoms with Gasteiger partial charge in [0.05, 0.1) is 12.8 Å². The minimum Gasteiger partial charge on any atom is -0.496 e. The summed E-state index contributed by atoms with van der Waals surface area (Å²) in [6, 6.07) is 11.5. The van der Waals surface area contributed by atoms with Crippen molar-refractivity contribution in [3.63, 3.8) is 0 Å². The number of anilines is 2. The first-order chi connectivity index (χ1) is 12.4. The van der Waals surface area contributed by atoms with Crippen molar-refractivity contribution in [2.45, 2.75) is 20.8 Å². The molecular weight excluding hydrogens is 346 g/mol. The number of methoxy groups -OCH3 is 1. The minimum absolute atomic E-state index is 0.304. The summed E-state index contributed by atoms with van der Waals surface area (Å²) in [6.07, 6.45) is 0. The summed E-state index contributed by atoms with van der Waals surface area (Å²) in [4.78, 5) is 16.7. The Balaban J connectivity index is 1.70. The van der Waals surface area contributed by atoms with E-state index in [2.05, 4.69) is 21.7 Å². The quantitative estimate of drug-likeness (QED) is 0.650. The Labute approximate surface area is 157 Å². The van der Waals surface area contributed by atoms with Gasteiger partial charge >= 0.3 is 6.03 Å². The number of rotatable bonds is 4. The fourth-order valence-corrected chi connectivity index (χ4v) is 3.52. The number of nitrogens with zero attached hydrogens (tertiary/aromatic N) is 1. The maximum Gasteiger partial charge on any atom is 0.325 e. The van der Waals surface area contributed by atoms with Crippen LogP contribution in [0.2, 0.25) is 0 Å². The summed E-state index contributed by atoms with van der Waals surface area (Å²) in [5.41, 5.74) is 5.82. The summed E-state index contributed by atoms with van der Waals surface area (Å²) in [7, 11) is 1.65. The number of thiazole rings is 1. The summed E-state index contributed by atoms with van der Waals surface area (Å²) in [5, 5.41) is 8.11. The van der Waals surface area contributed by atoms with E-state index in [0.29, 0.717) is 5.13 Å². The molecule has 0 bridgehead atoms. The van der Waals surface area contributed by atoms with Crippen molar-refractivity contribution in [2.75, 3.05) is 17.7 Å². The molecule has 0 aliphatic carbocycles. The van der Waals surface area contributed by atoms with Gasteiger partial charge in [-0.3, -0.25) is 5.32 Å². The summed E-state index contributed by atoms with van der Waals surface area (Å²) in [6.45, 7) is 5.99. The molecule has 0 aliphatic heterocycles. The standard InChI is InChI=1S/C20H21N3O2S/c1-12-7-13(2)9-16(8-12)21-19(24)23-20-22-17(11-26-20)15-5-6-18(25-4)14(3)10-15/h5-11H,1-4H3,(H2,21,22,23,24). The van der Waals surface area contributed by atoms with Crippen molar-refractivity contribution in [3.05, 3.63) is 58.5 Å². The summed E-state index contributed by atoms with van der Waals surface area (Å²) in [5.74, 6) is 0.843. The first-order valence-electron chi connectivity index (χ1n) is 8.21. The molecule has 1 aromatic heterocycles. The molecule has 5 nitrogen and oxygen atoms in total. The molecule has 1 heterocycles. The molecule has 0 fully saturated rings. The fraction of sp³-hybridized carbons (Fsp3) is 0.200. The van der Waals surface area contributed by atoms with Gasteiger partial charge in [-0.25, -0.2) is 9.78 Å². The van der Waals surface area contributed by atoms with E-state index >= 15 is 0 Å². The van der Waals surface area contributed by atoms with Gasteiger partial charge in [-0.15, -0.1) is 11.3 Å². The normalized spacial score (nSPS) is 10.5. The van der Waals surface area contributed by atoms with Gasteiger partial charge in [-0.05, 0) is 67.8 Å². The molecule has 26 heavy (non-hydrogen) atoms. The predicted octanol–water partition coefficient (Wildman–Crippen LogP) is 5.39. The highest BCUT2D eigenvalue weighted by Gasteiger charge is 2.10. The molecule has 0 unspecified atom stereocenters. The van der Waals surface area contributed by atoms with Crippen LogP contribution < -0.4 is 15.4 Å². The maximum atomic E-state index is 12.2. The largest absolute Gasteiger partial charge is 0.496 e. The second-order valence-electron chi connectivity index (χ2n) is 6.18. The van der Waals surface area contributed by atoms with Gasteiger partial charge in [0.25, 0.3) is 0 Å². The zero-order valence-electron chi connectivity index (χ0n) is 15.2. The van der Waals surface area contributed by atoms with E-state index in [-0.39, 0.29) is 6.03 Å². The molecule has 0 spiro atoms. The molecule has 0 saturated heterocycles. The first kappa shape index (κ1) is 17.9. The number of urea groups is 1. The molecule has 0 saturated carbocycles. The van der Waals surface area contributed by atoms with Gasteiger partial charge in [-0.1, -0.05) is 6.07 Å². The average Bonchev–Trinajstić information content (AvgIpc) is 3.02. The molecule has 2 N–H and O–H groups in total. The van der Waals surface area contributed by atoms with Crippen LogP contribution in [0, 0.1) is 20.8 Å². The third-order valence-electron chi connectivity index (χ3n) is 3.89. The first-order valence-corrected chi connectivity index (χ1v) is 9.09. The number of amides is 2. The van der Waals surface area contributed by atoms with Crippen molar-refractivity contribution < 1.29 is 9.53 Å². The summed E-state index contributed by atoms with van der Waals surface area (Å²) < 4.78 is 5.28. The lowest BCUT2D eigenvalue weighted by atomic mass is 10.1. The van der Waals surface area contributed by atoms with Gasteiger partial charge in [-0.2, -0.15) is 0 Å². The van der Waals surface area contributed by atoms with Gasteiger partial charge in [0.2, 0.25) is 0 Å². The van der Waals surface area contributed by atoms with Crippen LogP contribution >= 0.6 is 11.3 Å². The molecule has 0 radical (unpaired) electrons. The number of aryl methyl sites for hydroxylation is 3. The zero-order chi connectivity index (χ0) is 18.7. The highest BCUT2D eigenvalue weighted by atomic mass is 32.1. The number of hydrogen-bond donors (Lipinski definition) is 2. The second kappa shape index (κ2) is 7.58. The van der Waals surface area contributed by atoms with Crippen LogP contribution in [0.1, 0.15) is 16.7 Å². The highest BCUT2D eigenvalue weighted by Crippen LogP contribution is 2.28. The fourth-order valence-electron chi connectivity index (χ4n) is 2.81. The lowest BCUT2D eigenvalue weighted by Crippen LogP contribution is -2.19. The Bertz CT molecular complexity index is 930. The SMILES string of the molecule is COc1ccc(-c2csc(NC(=O)Nc3cc(C)cc(C)c3)n2)cc1C. The molecule has 3 rings (SSSR count). The van der Waals surface area contributed by atoms with Crippen molar-refractivity contribution >= 4 is 28.2 Å². The predicted molar refractivity (Wildman–Crippen MR) is 107 cm³/mol. The Hall–Kier alpha value is -2.86. The highest BCUT2D eigenvalue weighted by molar-refractivity contribution is 7.14. The third-order valence-corrected chi connectivity index (χ3v) is 4.65. The lowest BCUT2D eigenvalue weighted by Gasteiger charge is -2.07. The van der Waals surface area contributed by atoms with Crippen LogP contribution in [0.15, 0.2) is 41.8 Å². The molecule has 134 valence electrons. The van der Waals surface area contributed by atoms with Crippen molar-refractivity contribution in [1.29, 1.82) is 0 Å². The Morgan fingerprint density at radius 1 is 1.04 bits per heavy atom. The molecule has 2 amide bonds. The molecule has 6 heteroatoms. The van der Waals surface area contributed by atoms with E-state index in [1.807, 2.05) is 56.5 Å².